The van der Waals surface area contributed by atoms with Crippen LogP contribution < -0.4 is 10.1 Å². The average molecular weight is 473 g/mol. The number of aliphatic hydroxyl groups excluding tert-OH is 1. The van der Waals surface area contributed by atoms with Crippen LogP contribution in [-0.2, 0) is 4.79 Å². The number of fused-ring (bicyclic) bond motifs is 2. The number of para-hydroxylation sites is 1. The van der Waals surface area contributed by atoms with Crippen molar-refractivity contribution in [1.82, 2.24) is 15.2 Å². The summed E-state index contributed by atoms with van der Waals surface area (Å²) in [7, 11) is 0. The van der Waals surface area contributed by atoms with Crippen molar-refractivity contribution in [3.8, 4) is 22.9 Å². The second kappa shape index (κ2) is 8.62. The molecule has 1 aliphatic heterocycles. The fourth-order valence-electron chi connectivity index (χ4n) is 4.32. The van der Waals surface area contributed by atoms with Crippen LogP contribution in [0.3, 0.4) is 0 Å². The summed E-state index contributed by atoms with van der Waals surface area (Å²) in [5.41, 5.74) is 5.05. The number of aliphatic hydroxyl groups is 1. The van der Waals surface area contributed by atoms with Gasteiger partial charge in [0.05, 0.1) is 17.2 Å². The zero-order valence-electron chi connectivity index (χ0n) is 19.0. The van der Waals surface area contributed by atoms with E-state index in [1.165, 1.54) is 11.3 Å². The van der Waals surface area contributed by atoms with Crippen LogP contribution in [0.2, 0.25) is 0 Å². The predicted octanol–water partition coefficient (Wildman–Crippen LogP) is 5.56. The number of aromatic nitrogens is 3. The number of benzene rings is 2. The molecular weight excluding hydrogens is 448 g/mol. The summed E-state index contributed by atoms with van der Waals surface area (Å²) in [5, 5.41) is 20.9. The number of nitrogens with one attached hydrogen (secondary N) is 1. The molecule has 0 saturated heterocycles. The van der Waals surface area contributed by atoms with Crippen LogP contribution in [0, 0.1) is 5.41 Å². The Labute approximate surface area is 201 Å². The molecule has 172 valence electrons. The van der Waals surface area contributed by atoms with Gasteiger partial charge in [-0.25, -0.2) is 4.98 Å². The molecule has 3 heterocycles. The molecule has 2 N–H and O–H groups in total. The Balaban J connectivity index is 1.55. The molecule has 2 aromatic heterocycles. The zero-order valence-corrected chi connectivity index (χ0v) is 19.8. The topological polar surface area (TPSA) is 97.2 Å². The van der Waals surface area contributed by atoms with Gasteiger partial charge in [-0.1, -0.05) is 73.7 Å². The molecule has 1 amide bonds. The Morgan fingerprint density at radius 2 is 1.85 bits per heavy atom. The monoisotopic (exact) mass is 472 g/mol. The fourth-order valence-corrected chi connectivity index (χ4v) is 4.76. The number of amides is 1. The molecule has 1 unspecified atom stereocenters. The van der Waals surface area contributed by atoms with Crippen molar-refractivity contribution in [3.63, 3.8) is 0 Å². The molecule has 5 rings (SSSR count). The first-order chi connectivity index (χ1) is 16.3. The van der Waals surface area contributed by atoms with Gasteiger partial charge in [-0.3, -0.25) is 4.79 Å². The number of carbonyl (C=O) groups is 1. The molecular formula is C26H24N4O3S. The number of nitrogens with zero attached hydrogens (tertiary/aromatic N) is 3. The first kappa shape index (κ1) is 22.2. The van der Waals surface area contributed by atoms with Crippen molar-refractivity contribution in [2.24, 2.45) is 5.41 Å². The number of hydrogen-bond acceptors (Lipinski definition) is 7. The van der Waals surface area contributed by atoms with Crippen LogP contribution in [0.1, 0.15) is 49.5 Å². The lowest BCUT2D eigenvalue weighted by molar-refractivity contribution is -0.124. The number of anilines is 1. The lowest BCUT2D eigenvalue weighted by Gasteiger charge is -2.37. The van der Waals surface area contributed by atoms with Gasteiger partial charge in [0.1, 0.15) is 11.3 Å². The first-order valence-corrected chi connectivity index (χ1v) is 11.9. The van der Waals surface area contributed by atoms with Crippen LogP contribution in [0.15, 0.2) is 66.2 Å². The lowest BCUT2D eigenvalue weighted by Crippen LogP contribution is -2.38. The highest BCUT2D eigenvalue weighted by Crippen LogP contribution is 2.52. The molecule has 2 atom stereocenters. The molecule has 8 heteroatoms. The van der Waals surface area contributed by atoms with Gasteiger partial charge in [-0.2, -0.15) is 0 Å². The van der Waals surface area contributed by atoms with Gasteiger partial charge in [0.15, 0.2) is 0 Å². The van der Waals surface area contributed by atoms with Gasteiger partial charge in [0, 0.05) is 22.6 Å². The van der Waals surface area contributed by atoms with E-state index < -0.39 is 11.5 Å². The minimum atomic E-state index is -0.831. The van der Waals surface area contributed by atoms with Crippen LogP contribution in [0.5, 0.6) is 11.6 Å². The number of ether oxygens (including phenoxy) is 1. The Bertz CT molecular complexity index is 1330. The summed E-state index contributed by atoms with van der Waals surface area (Å²) in [4.78, 5) is 18.2. The Hall–Kier alpha value is -3.62. The number of rotatable bonds is 5. The third-order valence-corrected chi connectivity index (χ3v) is 6.82. The van der Waals surface area contributed by atoms with Crippen LogP contribution >= 0.6 is 11.3 Å². The molecule has 4 aromatic rings. The van der Waals surface area contributed by atoms with E-state index in [4.69, 9.17) is 9.72 Å². The van der Waals surface area contributed by atoms with Crippen molar-refractivity contribution in [2.75, 3.05) is 5.32 Å². The number of hydrogen-bond donors (Lipinski definition) is 2. The van der Waals surface area contributed by atoms with E-state index in [-0.39, 0.29) is 11.8 Å². The predicted molar refractivity (Wildman–Crippen MR) is 131 cm³/mol. The third-order valence-electron chi connectivity index (χ3n) is 6.21. The normalized spacial score (nSPS) is 15.6. The fraction of sp³-hybridized carbons (Fsp3) is 0.231. The number of pyridine rings is 1. The van der Waals surface area contributed by atoms with Crippen molar-refractivity contribution in [3.05, 3.63) is 82.9 Å². The summed E-state index contributed by atoms with van der Waals surface area (Å²) in [5.74, 6) is 0.734. The summed E-state index contributed by atoms with van der Waals surface area (Å²) >= 11 is 1.28. The van der Waals surface area contributed by atoms with Crippen molar-refractivity contribution >= 4 is 22.4 Å². The Morgan fingerprint density at radius 1 is 1.09 bits per heavy atom. The van der Waals surface area contributed by atoms with Crippen molar-refractivity contribution in [1.29, 1.82) is 0 Å². The zero-order chi connectivity index (χ0) is 23.9. The summed E-state index contributed by atoms with van der Waals surface area (Å²) in [6.45, 7) is 5.58. The first-order valence-electron chi connectivity index (χ1n) is 11.0. The summed E-state index contributed by atoms with van der Waals surface area (Å²) in [6.07, 6.45) is -0.528. The molecule has 7 nitrogen and oxygen atoms in total. The van der Waals surface area contributed by atoms with E-state index in [0.29, 0.717) is 16.8 Å². The molecule has 0 spiro atoms. The maximum absolute atomic E-state index is 13.4. The number of carbonyl (C=O) groups excluding carboxylic acids is 1. The standard InChI is InChI=1S/C26H24N4O3S/c1-15(31)16-8-10-17(11-9-16)20-13-12-19-22(18-6-4-5-7-21(18)33-23(19)28-20)26(2,3)24(32)29-25-30-27-14-34-25/h4-15,22,31H,1-3H3,(H,29,30,32)/t15?,22-/m0/s1. The van der Waals surface area contributed by atoms with E-state index in [9.17, 15) is 9.90 Å². The SMILES string of the molecule is CC(O)c1ccc(-c2ccc3c(n2)Oc2ccccc2[C@@H]3C(C)(C)C(=O)Nc2nncs2)cc1. The van der Waals surface area contributed by atoms with E-state index in [1.807, 2.05) is 74.5 Å². The van der Waals surface area contributed by atoms with E-state index in [0.717, 1.165) is 27.9 Å². The van der Waals surface area contributed by atoms with Gasteiger partial charge in [0.25, 0.3) is 0 Å². The Kier molecular flexibility index (Phi) is 5.63. The van der Waals surface area contributed by atoms with Gasteiger partial charge < -0.3 is 15.2 Å². The second-order valence-corrected chi connectivity index (χ2v) is 9.71. The van der Waals surface area contributed by atoms with Crippen LogP contribution in [0.4, 0.5) is 5.13 Å². The second-order valence-electron chi connectivity index (χ2n) is 8.88. The molecule has 2 aromatic carbocycles. The summed E-state index contributed by atoms with van der Waals surface area (Å²) < 4.78 is 6.21. The minimum absolute atomic E-state index is 0.158. The van der Waals surface area contributed by atoms with Crippen LogP contribution in [-0.4, -0.2) is 26.2 Å². The molecule has 34 heavy (non-hydrogen) atoms. The molecule has 0 bridgehead atoms. The molecule has 0 aliphatic carbocycles. The summed E-state index contributed by atoms with van der Waals surface area (Å²) in [6, 6.07) is 19.3. The molecule has 0 saturated carbocycles. The lowest BCUT2D eigenvalue weighted by atomic mass is 9.69. The molecule has 0 fully saturated rings. The maximum atomic E-state index is 13.4. The highest BCUT2D eigenvalue weighted by Gasteiger charge is 2.44. The largest absolute Gasteiger partial charge is 0.438 e. The average Bonchev–Trinajstić information content (AvgIpc) is 3.35. The highest BCUT2D eigenvalue weighted by atomic mass is 32.1. The van der Waals surface area contributed by atoms with Crippen molar-refractivity contribution in [2.45, 2.75) is 32.8 Å². The smallest absolute Gasteiger partial charge is 0.232 e. The van der Waals surface area contributed by atoms with Gasteiger partial charge in [-0.15, -0.1) is 10.2 Å². The van der Waals surface area contributed by atoms with Gasteiger partial charge in [-0.05, 0) is 24.6 Å². The van der Waals surface area contributed by atoms with E-state index in [1.54, 1.807) is 12.4 Å². The highest BCUT2D eigenvalue weighted by molar-refractivity contribution is 7.13. The minimum Gasteiger partial charge on any atom is -0.438 e. The Morgan fingerprint density at radius 3 is 2.56 bits per heavy atom. The van der Waals surface area contributed by atoms with Gasteiger partial charge >= 0.3 is 0 Å². The third kappa shape index (κ3) is 3.95. The molecule has 1 aliphatic rings. The quantitative estimate of drug-likeness (QED) is 0.395. The molecule has 0 radical (unpaired) electrons. The maximum Gasteiger partial charge on any atom is 0.232 e. The van der Waals surface area contributed by atoms with Crippen LogP contribution in [0.25, 0.3) is 11.3 Å². The van der Waals surface area contributed by atoms with E-state index in [2.05, 4.69) is 15.5 Å². The van der Waals surface area contributed by atoms with E-state index >= 15 is 0 Å². The van der Waals surface area contributed by atoms with Gasteiger partial charge in [0.2, 0.25) is 16.9 Å². The van der Waals surface area contributed by atoms with Crippen molar-refractivity contribution < 1.29 is 14.6 Å².